The normalized spacial score (nSPS) is 12.4. The quantitative estimate of drug-likeness (QED) is 0.751. The van der Waals surface area contributed by atoms with Crippen LogP contribution in [0, 0.1) is 5.82 Å². The van der Waals surface area contributed by atoms with E-state index in [1.165, 1.54) is 18.7 Å². The van der Waals surface area contributed by atoms with Crippen LogP contribution in [0.1, 0.15) is 16.0 Å². The van der Waals surface area contributed by atoms with E-state index < -0.39 is 0 Å². The molecular formula is C13H12BrFOS. The average Bonchev–Trinajstić information content (AvgIpc) is 2.81. The molecular weight excluding hydrogens is 303 g/mol. The highest BCUT2D eigenvalue weighted by atomic mass is 79.9. The Morgan fingerprint density at radius 2 is 2.24 bits per heavy atom. The van der Waals surface area contributed by atoms with Crippen LogP contribution in [0.25, 0.3) is 0 Å². The molecule has 90 valence electrons. The molecule has 0 aliphatic carbocycles. The van der Waals surface area contributed by atoms with E-state index >= 15 is 0 Å². The van der Waals surface area contributed by atoms with E-state index in [1.54, 1.807) is 17.4 Å². The Hall–Kier alpha value is -0.870. The van der Waals surface area contributed by atoms with Gasteiger partial charge in [-0.3, -0.25) is 0 Å². The molecule has 1 atom stereocenters. The summed E-state index contributed by atoms with van der Waals surface area (Å²) < 4.78 is 18.4. The van der Waals surface area contributed by atoms with Crippen molar-refractivity contribution in [3.8, 4) is 5.75 Å². The summed E-state index contributed by atoms with van der Waals surface area (Å²) in [5, 5.41) is 4.15. The van der Waals surface area contributed by atoms with Crippen LogP contribution in [0.2, 0.25) is 0 Å². The van der Waals surface area contributed by atoms with Crippen molar-refractivity contribution in [1.29, 1.82) is 0 Å². The van der Waals surface area contributed by atoms with Gasteiger partial charge in [-0.1, -0.05) is 22.0 Å². The van der Waals surface area contributed by atoms with Crippen LogP contribution >= 0.6 is 27.3 Å². The Bertz CT molecular complexity index is 484. The summed E-state index contributed by atoms with van der Waals surface area (Å²) >= 11 is 5.26. The van der Waals surface area contributed by atoms with Gasteiger partial charge in [0.15, 0.2) is 11.6 Å². The lowest BCUT2D eigenvalue weighted by atomic mass is 10.1. The highest BCUT2D eigenvalue weighted by Gasteiger charge is 2.11. The summed E-state index contributed by atoms with van der Waals surface area (Å²) in [4.78, 5) is 0.123. The fourth-order valence-electron chi connectivity index (χ4n) is 1.61. The first-order valence-corrected chi connectivity index (χ1v) is 7.05. The van der Waals surface area contributed by atoms with Gasteiger partial charge >= 0.3 is 0 Å². The minimum absolute atomic E-state index is 0.123. The fourth-order valence-corrected chi connectivity index (χ4v) is 2.95. The zero-order valence-electron chi connectivity index (χ0n) is 9.32. The Morgan fingerprint density at radius 3 is 2.82 bits per heavy atom. The Morgan fingerprint density at radius 1 is 1.41 bits per heavy atom. The van der Waals surface area contributed by atoms with E-state index in [-0.39, 0.29) is 16.4 Å². The standard InChI is InChI=1S/C13H12BrFOS/c1-16-13-3-2-10(7-12(13)15)11(14)6-9-4-5-17-8-9/h2-5,7-8,11H,6H2,1H3. The molecule has 0 bridgehead atoms. The third-order valence-electron chi connectivity index (χ3n) is 2.53. The molecule has 1 aromatic heterocycles. The number of ether oxygens (including phenoxy) is 1. The van der Waals surface area contributed by atoms with Crippen LogP contribution in [0.3, 0.4) is 0 Å². The molecule has 0 N–H and O–H groups in total. The van der Waals surface area contributed by atoms with Crippen LogP contribution < -0.4 is 4.74 Å². The maximum atomic E-state index is 13.5. The molecule has 0 saturated carbocycles. The van der Waals surface area contributed by atoms with E-state index in [4.69, 9.17) is 4.74 Å². The molecule has 2 rings (SSSR count). The summed E-state index contributed by atoms with van der Waals surface area (Å²) in [5.74, 6) is -0.0382. The molecule has 17 heavy (non-hydrogen) atoms. The van der Waals surface area contributed by atoms with Gasteiger partial charge in [0.05, 0.1) is 7.11 Å². The lowest BCUT2D eigenvalue weighted by molar-refractivity contribution is 0.386. The van der Waals surface area contributed by atoms with E-state index in [0.29, 0.717) is 0 Å². The van der Waals surface area contributed by atoms with Crippen molar-refractivity contribution < 1.29 is 9.13 Å². The minimum Gasteiger partial charge on any atom is -0.494 e. The highest BCUT2D eigenvalue weighted by Crippen LogP contribution is 2.30. The number of thiophene rings is 1. The maximum Gasteiger partial charge on any atom is 0.165 e. The molecule has 1 aromatic carbocycles. The van der Waals surface area contributed by atoms with Gasteiger partial charge in [-0.2, -0.15) is 11.3 Å². The number of alkyl halides is 1. The molecule has 0 aliphatic rings. The topological polar surface area (TPSA) is 9.23 Å². The summed E-state index contributed by atoms with van der Waals surface area (Å²) in [7, 11) is 1.47. The van der Waals surface area contributed by atoms with Crippen LogP contribution in [-0.2, 0) is 6.42 Å². The molecule has 0 spiro atoms. The SMILES string of the molecule is COc1ccc(C(Br)Cc2ccsc2)cc1F. The van der Waals surface area contributed by atoms with Crippen LogP contribution in [0.5, 0.6) is 5.75 Å². The van der Waals surface area contributed by atoms with Crippen LogP contribution in [0.15, 0.2) is 35.0 Å². The summed E-state index contributed by atoms with van der Waals surface area (Å²) in [5.41, 5.74) is 2.18. The smallest absolute Gasteiger partial charge is 0.165 e. The van der Waals surface area contributed by atoms with Gasteiger partial charge in [0.1, 0.15) is 0 Å². The van der Waals surface area contributed by atoms with Gasteiger partial charge in [0.2, 0.25) is 0 Å². The lowest BCUT2D eigenvalue weighted by Gasteiger charge is -2.10. The third kappa shape index (κ3) is 3.07. The third-order valence-corrected chi connectivity index (χ3v) is 4.12. The summed E-state index contributed by atoms with van der Waals surface area (Å²) in [6.07, 6.45) is 0.856. The van der Waals surface area contributed by atoms with E-state index in [0.717, 1.165) is 12.0 Å². The first-order chi connectivity index (χ1) is 8.20. The molecule has 4 heteroatoms. The minimum atomic E-state index is -0.320. The van der Waals surface area contributed by atoms with Gasteiger partial charge in [0, 0.05) is 4.83 Å². The van der Waals surface area contributed by atoms with Gasteiger partial charge in [-0.15, -0.1) is 0 Å². The molecule has 0 aliphatic heterocycles. The number of rotatable bonds is 4. The Labute approximate surface area is 112 Å². The molecule has 2 aromatic rings. The zero-order valence-corrected chi connectivity index (χ0v) is 11.7. The largest absolute Gasteiger partial charge is 0.494 e. The predicted molar refractivity (Wildman–Crippen MR) is 72.6 cm³/mol. The monoisotopic (exact) mass is 314 g/mol. The summed E-state index contributed by atoms with van der Waals surface area (Å²) in [6, 6.07) is 7.14. The van der Waals surface area contributed by atoms with Crippen LogP contribution in [0.4, 0.5) is 4.39 Å². The lowest BCUT2D eigenvalue weighted by Crippen LogP contribution is -1.96. The first-order valence-electron chi connectivity index (χ1n) is 5.19. The van der Waals surface area contributed by atoms with Crippen LogP contribution in [-0.4, -0.2) is 7.11 Å². The Kier molecular flexibility index (Phi) is 4.18. The molecule has 1 unspecified atom stereocenters. The van der Waals surface area contributed by atoms with Gasteiger partial charge in [-0.05, 0) is 46.5 Å². The van der Waals surface area contributed by atoms with Crippen molar-refractivity contribution in [2.75, 3.05) is 7.11 Å². The van der Waals surface area contributed by atoms with Gasteiger partial charge in [-0.25, -0.2) is 4.39 Å². The maximum absolute atomic E-state index is 13.5. The number of benzene rings is 1. The van der Waals surface area contributed by atoms with Crippen molar-refractivity contribution in [3.63, 3.8) is 0 Å². The Balaban J connectivity index is 2.14. The molecule has 1 heterocycles. The van der Waals surface area contributed by atoms with Gasteiger partial charge < -0.3 is 4.74 Å². The molecule has 0 amide bonds. The molecule has 0 saturated heterocycles. The molecule has 0 radical (unpaired) electrons. The van der Waals surface area contributed by atoms with Crippen molar-refractivity contribution in [2.45, 2.75) is 11.2 Å². The predicted octanol–water partition coefficient (Wildman–Crippen LogP) is 4.57. The van der Waals surface area contributed by atoms with Crippen molar-refractivity contribution in [3.05, 3.63) is 52.0 Å². The van der Waals surface area contributed by atoms with Crippen molar-refractivity contribution in [2.24, 2.45) is 0 Å². The van der Waals surface area contributed by atoms with E-state index in [2.05, 4.69) is 27.4 Å². The molecule has 0 fully saturated rings. The average molecular weight is 315 g/mol. The second-order valence-electron chi connectivity index (χ2n) is 3.70. The van der Waals surface area contributed by atoms with Crippen molar-refractivity contribution in [1.82, 2.24) is 0 Å². The van der Waals surface area contributed by atoms with E-state index in [9.17, 15) is 4.39 Å². The highest BCUT2D eigenvalue weighted by molar-refractivity contribution is 9.09. The first kappa shape index (κ1) is 12.6. The van der Waals surface area contributed by atoms with E-state index in [1.807, 2.05) is 11.4 Å². The summed E-state index contributed by atoms with van der Waals surface area (Å²) in [6.45, 7) is 0. The molecule has 1 nitrogen and oxygen atoms in total. The number of halogens is 2. The number of methoxy groups -OCH3 is 1. The number of hydrogen-bond donors (Lipinski definition) is 0. The van der Waals surface area contributed by atoms with Gasteiger partial charge in [0.25, 0.3) is 0 Å². The second kappa shape index (κ2) is 5.65. The second-order valence-corrected chi connectivity index (χ2v) is 5.58. The zero-order chi connectivity index (χ0) is 12.3. The van der Waals surface area contributed by atoms with Crippen molar-refractivity contribution >= 4 is 27.3 Å². The number of hydrogen-bond acceptors (Lipinski definition) is 2. The fraction of sp³-hybridized carbons (Fsp3) is 0.231.